The number of benzene rings is 1. The van der Waals surface area contributed by atoms with Gasteiger partial charge in [0.25, 0.3) is 0 Å². The molecule has 1 heterocycles. The highest BCUT2D eigenvalue weighted by atomic mass is 19.4. The first-order valence-electron chi connectivity index (χ1n) is 5.13. The van der Waals surface area contributed by atoms with Crippen LogP contribution in [0.25, 0.3) is 10.9 Å². The van der Waals surface area contributed by atoms with E-state index in [0.717, 1.165) is 10.9 Å². The van der Waals surface area contributed by atoms with E-state index in [0.29, 0.717) is 5.56 Å². The van der Waals surface area contributed by atoms with Crippen molar-refractivity contribution in [2.75, 3.05) is 0 Å². The molecule has 1 aromatic carbocycles. The quantitative estimate of drug-likeness (QED) is 0.875. The molecule has 0 radical (unpaired) electrons. The lowest BCUT2D eigenvalue weighted by Crippen LogP contribution is -2.20. The van der Waals surface area contributed by atoms with Crippen molar-refractivity contribution in [2.24, 2.45) is 5.73 Å². The molecule has 2 nitrogen and oxygen atoms in total. The van der Waals surface area contributed by atoms with Gasteiger partial charge in [-0.05, 0) is 23.8 Å². The number of halogens is 3. The fourth-order valence-corrected chi connectivity index (χ4v) is 1.69. The number of rotatable bonds is 2. The van der Waals surface area contributed by atoms with E-state index in [9.17, 15) is 13.2 Å². The summed E-state index contributed by atoms with van der Waals surface area (Å²) in [6, 6.07) is 7.43. The Morgan fingerprint density at radius 1 is 1.24 bits per heavy atom. The third-order valence-corrected chi connectivity index (χ3v) is 2.51. The van der Waals surface area contributed by atoms with Gasteiger partial charge in [0.2, 0.25) is 0 Å². The molecule has 0 spiro atoms. The molecule has 1 atom stereocenters. The van der Waals surface area contributed by atoms with Crippen molar-refractivity contribution in [1.29, 1.82) is 0 Å². The molecule has 5 heteroatoms. The summed E-state index contributed by atoms with van der Waals surface area (Å²) in [5.41, 5.74) is 6.75. The van der Waals surface area contributed by atoms with Gasteiger partial charge < -0.3 is 5.73 Å². The Morgan fingerprint density at radius 3 is 2.71 bits per heavy atom. The molecule has 0 aliphatic rings. The molecule has 0 saturated heterocycles. The van der Waals surface area contributed by atoms with Crippen LogP contribution in [0, 0.1) is 0 Å². The van der Waals surface area contributed by atoms with E-state index in [1.807, 2.05) is 0 Å². The minimum atomic E-state index is -4.25. The number of nitrogens with two attached hydrogens (primary N) is 1. The Hall–Kier alpha value is -1.62. The molecule has 0 amide bonds. The van der Waals surface area contributed by atoms with Crippen LogP contribution < -0.4 is 5.73 Å². The molecule has 0 unspecified atom stereocenters. The number of alkyl halides is 3. The monoisotopic (exact) mass is 240 g/mol. The lowest BCUT2D eigenvalue weighted by molar-refractivity contribution is -0.138. The Labute approximate surface area is 96.3 Å². The van der Waals surface area contributed by atoms with Gasteiger partial charge in [-0.25, -0.2) is 0 Å². The second kappa shape index (κ2) is 4.33. The number of fused-ring (bicyclic) bond motifs is 1. The molecule has 2 aromatic rings. The van der Waals surface area contributed by atoms with Crippen LogP contribution in [-0.4, -0.2) is 11.2 Å². The fraction of sp³-hybridized carbons (Fsp3) is 0.250. The molecule has 2 rings (SSSR count). The standard InChI is InChI=1S/C12H11F3N2/c13-12(14,15)7-10(16)8-3-4-11-9(6-8)2-1-5-17-11/h1-6,10H,7,16H2/t10-/m1/s1. The maximum atomic E-state index is 12.2. The summed E-state index contributed by atoms with van der Waals surface area (Å²) < 4.78 is 36.6. The summed E-state index contributed by atoms with van der Waals surface area (Å²) in [4.78, 5) is 4.09. The zero-order valence-electron chi connectivity index (χ0n) is 8.91. The maximum absolute atomic E-state index is 12.2. The number of hydrogen-bond donors (Lipinski definition) is 1. The van der Waals surface area contributed by atoms with Gasteiger partial charge in [0.1, 0.15) is 0 Å². The van der Waals surface area contributed by atoms with Crippen LogP contribution in [0.5, 0.6) is 0 Å². The highest BCUT2D eigenvalue weighted by molar-refractivity contribution is 5.79. The predicted octanol–water partition coefficient (Wildman–Crippen LogP) is 3.19. The van der Waals surface area contributed by atoms with E-state index in [-0.39, 0.29) is 0 Å². The zero-order chi connectivity index (χ0) is 12.5. The van der Waals surface area contributed by atoms with Gasteiger partial charge in [0.05, 0.1) is 11.9 Å². The molecule has 1 aromatic heterocycles. The van der Waals surface area contributed by atoms with Crippen molar-refractivity contribution in [3.8, 4) is 0 Å². The molecule has 2 N–H and O–H groups in total. The molecule has 0 saturated carbocycles. The van der Waals surface area contributed by atoms with Gasteiger partial charge in [-0.3, -0.25) is 4.98 Å². The van der Waals surface area contributed by atoms with E-state index in [2.05, 4.69) is 4.98 Å². The van der Waals surface area contributed by atoms with Gasteiger partial charge in [0.15, 0.2) is 0 Å². The Kier molecular flexibility index (Phi) is 3.02. The summed E-state index contributed by atoms with van der Waals surface area (Å²) >= 11 is 0. The van der Waals surface area contributed by atoms with Gasteiger partial charge in [-0.15, -0.1) is 0 Å². The first kappa shape index (κ1) is 11.9. The molecule has 0 aliphatic carbocycles. The smallest absolute Gasteiger partial charge is 0.324 e. The fourth-order valence-electron chi connectivity index (χ4n) is 1.69. The summed E-state index contributed by atoms with van der Waals surface area (Å²) in [5, 5.41) is 0.794. The van der Waals surface area contributed by atoms with Crippen molar-refractivity contribution in [1.82, 2.24) is 4.98 Å². The van der Waals surface area contributed by atoms with Crippen LogP contribution in [0.15, 0.2) is 36.5 Å². The largest absolute Gasteiger partial charge is 0.390 e. The van der Waals surface area contributed by atoms with Crippen LogP contribution in [0.3, 0.4) is 0 Å². The summed E-state index contributed by atoms with van der Waals surface area (Å²) in [6.07, 6.45) is -3.63. The SMILES string of the molecule is N[C@H](CC(F)(F)F)c1ccc2ncccc2c1. The number of aromatic nitrogens is 1. The molecule has 0 bridgehead atoms. The molecule has 90 valence electrons. The van der Waals surface area contributed by atoms with Gasteiger partial charge in [-0.1, -0.05) is 12.1 Å². The third-order valence-electron chi connectivity index (χ3n) is 2.51. The summed E-state index contributed by atoms with van der Waals surface area (Å²) in [7, 11) is 0. The van der Waals surface area contributed by atoms with Gasteiger partial charge in [0, 0.05) is 17.6 Å². The lowest BCUT2D eigenvalue weighted by Gasteiger charge is -2.14. The van der Waals surface area contributed by atoms with Crippen LogP contribution >= 0.6 is 0 Å². The van der Waals surface area contributed by atoms with Gasteiger partial charge in [-0.2, -0.15) is 13.2 Å². The van der Waals surface area contributed by atoms with Crippen LogP contribution in [0.1, 0.15) is 18.0 Å². The number of nitrogens with zero attached hydrogens (tertiary/aromatic N) is 1. The van der Waals surface area contributed by atoms with Crippen LogP contribution in [0.4, 0.5) is 13.2 Å². The predicted molar refractivity (Wildman–Crippen MR) is 59.3 cm³/mol. The molecular weight excluding hydrogens is 229 g/mol. The van der Waals surface area contributed by atoms with Crippen molar-refractivity contribution in [3.63, 3.8) is 0 Å². The molecule has 0 fully saturated rings. The number of pyridine rings is 1. The molecule has 0 aliphatic heterocycles. The van der Waals surface area contributed by atoms with Crippen LogP contribution in [-0.2, 0) is 0 Å². The van der Waals surface area contributed by atoms with Crippen molar-refractivity contribution >= 4 is 10.9 Å². The van der Waals surface area contributed by atoms with E-state index in [1.165, 1.54) is 0 Å². The summed E-state index contributed by atoms with van der Waals surface area (Å²) in [5.74, 6) is 0. The Morgan fingerprint density at radius 2 is 2.00 bits per heavy atom. The first-order valence-corrected chi connectivity index (χ1v) is 5.13. The Balaban J connectivity index is 2.30. The van der Waals surface area contributed by atoms with Crippen molar-refractivity contribution in [3.05, 3.63) is 42.1 Å². The van der Waals surface area contributed by atoms with Crippen LogP contribution in [0.2, 0.25) is 0 Å². The maximum Gasteiger partial charge on any atom is 0.390 e. The number of hydrogen-bond acceptors (Lipinski definition) is 2. The summed E-state index contributed by atoms with van der Waals surface area (Å²) in [6.45, 7) is 0. The molecular formula is C12H11F3N2. The minimum Gasteiger partial charge on any atom is -0.324 e. The highest BCUT2D eigenvalue weighted by Crippen LogP contribution is 2.28. The van der Waals surface area contributed by atoms with Crippen molar-refractivity contribution < 1.29 is 13.2 Å². The molecule has 17 heavy (non-hydrogen) atoms. The highest BCUT2D eigenvalue weighted by Gasteiger charge is 2.30. The van der Waals surface area contributed by atoms with E-state index in [1.54, 1.807) is 36.5 Å². The zero-order valence-corrected chi connectivity index (χ0v) is 8.91. The van der Waals surface area contributed by atoms with E-state index in [4.69, 9.17) is 5.73 Å². The van der Waals surface area contributed by atoms with Crippen molar-refractivity contribution in [2.45, 2.75) is 18.6 Å². The second-order valence-electron chi connectivity index (χ2n) is 3.88. The average molecular weight is 240 g/mol. The van der Waals surface area contributed by atoms with E-state index < -0.39 is 18.6 Å². The normalized spacial score (nSPS) is 13.9. The minimum absolute atomic E-state index is 0.475. The van der Waals surface area contributed by atoms with E-state index >= 15 is 0 Å². The average Bonchev–Trinajstić information content (AvgIpc) is 2.26. The Bertz CT molecular complexity index is 522. The topological polar surface area (TPSA) is 38.9 Å². The second-order valence-corrected chi connectivity index (χ2v) is 3.88. The lowest BCUT2D eigenvalue weighted by atomic mass is 10.0. The third kappa shape index (κ3) is 2.94. The van der Waals surface area contributed by atoms with Gasteiger partial charge >= 0.3 is 6.18 Å². The first-order chi connectivity index (χ1) is 7.96.